The molecule has 0 spiro atoms. The number of carbonyl (C=O) groups excluding carboxylic acids is 3. The Balaban J connectivity index is 2.73. The van der Waals surface area contributed by atoms with Crippen LogP contribution in [0.15, 0.2) is 24.3 Å². The highest BCUT2D eigenvalue weighted by atomic mass is 16.2. The van der Waals surface area contributed by atoms with Crippen LogP contribution in [0.1, 0.15) is 58.3 Å². The molecule has 0 heterocycles. The molecule has 0 saturated carbocycles. The fourth-order valence-corrected chi connectivity index (χ4v) is 2.74. The lowest BCUT2D eigenvalue weighted by atomic mass is 9.82. The van der Waals surface area contributed by atoms with Crippen molar-refractivity contribution >= 4 is 23.3 Å². The number of amides is 2. The first-order valence-corrected chi connectivity index (χ1v) is 7.64. The highest BCUT2D eigenvalue weighted by Gasteiger charge is 2.29. The van der Waals surface area contributed by atoms with E-state index in [0.29, 0.717) is 11.3 Å². The molecule has 0 aliphatic rings. The van der Waals surface area contributed by atoms with Gasteiger partial charge in [0.2, 0.25) is 0 Å². The molecular formula is C18H26N2O3. The molecule has 0 aliphatic carbocycles. The number of rotatable bonds is 4. The molecule has 1 aromatic rings. The Kier molecular flexibility index (Phi) is 5.70. The van der Waals surface area contributed by atoms with Gasteiger partial charge in [0, 0.05) is 16.8 Å². The zero-order valence-electron chi connectivity index (χ0n) is 14.7. The molecule has 0 aliphatic heterocycles. The van der Waals surface area contributed by atoms with Gasteiger partial charge in [0.1, 0.15) is 0 Å². The zero-order chi connectivity index (χ0) is 17.8. The normalized spacial score (nSPS) is 11.7. The molecule has 0 bridgehead atoms. The van der Waals surface area contributed by atoms with Crippen molar-refractivity contribution in [1.29, 1.82) is 0 Å². The van der Waals surface area contributed by atoms with Crippen molar-refractivity contribution in [2.45, 2.75) is 53.5 Å². The summed E-state index contributed by atoms with van der Waals surface area (Å²) in [5.74, 6) is -1.53. The Labute approximate surface area is 137 Å². The van der Waals surface area contributed by atoms with Crippen LogP contribution in [-0.4, -0.2) is 23.1 Å². The minimum Gasteiger partial charge on any atom is -0.343 e. The molecule has 0 unspecified atom stereocenters. The predicted octanol–water partition coefficient (Wildman–Crippen LogP) is 3.16. The molecule has 1 rings (SSSR count). The molecular weight excluding hydrogens is 292 g/mol. The number of ketones is 1. The third kappa shape index (κ3) is 6.63. The van der Waals surface area contributed by atoms with Crippen molar-refractivity contribution in [2.24, 2.45) is 5.41 Å². The van der Waals surface area contributed by atoms with Crippen LogP contribution in [0, 0.1) is 5.41 Å². The number of Topliss-reactive ketones (excluding diaryl/α,β-unsaturated/α-hetero) is 1. The quantitative estimate of drug-likeness (QED) is 0.661. The first-order valence-electron chi connectivity index (χ1n) is 7.64. The average molecular weight is 318 g/mol. The van der Waals surface area contributed by atoms with Gasteiger partial charge in [-0.3, -0.25) is 14.4 Å². The number of carbonyl (C=O) groups is 3. The van der Waals surface area contributed by atoms with Gasteiger partial charge < -0.3 is 10.6 Å². The maximum Gasteiger partial charge on any atom is 0.313 e. The molecule has 23 heavy (non-hydrogen) atoms. The monoisotopic (exact) mass is 318 g/mol. The fourth-order valence-electron chi connectivity index (χ4n) is 2.74. The molecule has 5 nitrogen and oxygen atoms in total. The smallest absolute Gasteiger partial charge is 0.313 e. The minimum atomic E-state index is -0.743. The summed E-state index contributed by atoms with van der Waals surface area (Å²) >= 11 is 0. The SMILES string of the molecule is CC(=O)c1cccc(NC(=O)C(=O)NC(C)(C)CC(C)(C)C)c1. The molecule has 5 heteroatoms. The first-order chi connectivity index (χ1) is 10.4. The van der Waals surface area contributed by atoms with E-state index in [1.54, 1.807) is 24.3 Å². The maximum absolute atomic E-state index is 12.1. The molecule has 0 aromatic heterocycles. The van der Waals surface area contributed by atoms with Gasteiger partial charge in [-0.2, -0.15) is 0 Å². The Hall–Kier alpha value is -2.17. The predicted molar refractivity (Wildman–Crippen MR) is 91.4 cm³/mol. The summed E-state index contributed by atoms with van der Waals surface area (Å²) < 4.78 is 0. The second-order valence-corrected chi connectivity index (χ2v) is 7.67. The highest BCUT2D eigenvalue weighted by Crippen LogP contribution is 2.26. The van der Waals surface area contributed by atoms with Crippen molar-refractivity contribution in [3.63, 3.8) is 0 Å². The van der Waals surface area contributed by atoms with Gasteiger partial charge in [0.15, 0.2) is 5.78 Å². The standard InChI is InChI=1S/C18H26N2O3/c1-12(21)13-8-7-9-14(10-13)19-15(22)16(23)20-18(5,6)11-17(2,3)4/h7-10H,11H2,1-6H3,(H,19,22)(H,20,23). The summed E-state index contributed by atoms with van der Waals surface area (Å²) in [7, 11) is 0. The Morgan fingerprint density at radius 2 is 1.61 bits per heavy atom. The van der Waals surface area contributed by atoms with Crippen LogP contribution in [0.2, 0.25) is 0 Å². The topological polar surface area (TPSA) is 75.3 Å². The van der Waals surface area contributed by atoms with E-state index in [1.165, 1.54) is 6.92 Å². The fraction of sp³-hybridized carbons (Fsp3) is 0.500. The maximum atomic E-state index is 12.1. The lowest BCUT2D eigenvalue weighted by Crippen LogP contribution is -2.49. The molecule has 0 saturated heterocycles. The molecule has 2 amide bonds. The van der Waals surface area contributed by atoms with Crippen LogP contribution in [0.25, 0.3) is 0 Å². The van der Waals surface area contributed by atoms with Gasteiger partial charge in [0.05, 0.1) is 0 Å². The third-order valence-corrected chi connectivity index (χ3v) is 3.16. The van der Waals surface area contributed by atoms with Gasteiger partial charge >= 0.3 is 11.8 Å². The van der Waals surface area contributed by atoms with E-state index in [4.69, 9.17) is 0 Å². The van der Waals surface area contributed by atoms with E-state index in [2.05, 4.69) is 31.4 Å². The summed E-state index contributed by atoms with van der Waals surface area (Å²) in [4.78, 5) is 35.5. The second-order valence-electron chi connectivity index (χ2n) is 7.67. The van der Waals surface area contributed by atoms with Crippen molar-refractivity contribution in [1.82, 2.24) is 5.32 Å². The van der Waals surface area contributed by atoms with Crippen molar-refractivity contribution < 1.29 is 14.4 Å². The van der Waals surface area contributed by atoms with Crippen molar-refractivity contribution in [2.75, 3.05) is 5.32 Å². The summed E-state index contributed by atoms with van der Waals surface area (Å²) in [5, 5.41) is 5.27. The summed E-state index contributed by atoms with van der Waals surface area (Å²) in [6.07, 6.45) is 0.735. The highest BCUT2D eigenvalue weighted by molar-refractivity contribution is 6.39. The summed E-state index contributed by atoms with van der Waals surface area (Å²) in [6, 6.07) is 6.50. The Bertz CT molecular complexity index is 613. The van der Waals surface area contributed by atoms with E-state index in [9.17, 15) is 14.4 Å². The zero-order valence-corrected chi connectivity index (χ0v) is 14.7. The van der Waals surface area contributed by atoms with Gasteiger partial charge in [-0.1, -0.05) is 32.9 Å². The third-order valence-electron chi connectivity index (χ3n) is 3.16. The number of hydrogen-bond donors (Lipinski definition) is 2. The second kappa shape index (κ2) is 6.94. The lowest BCUT2D eigenvalue weighted by molar-refractivity contribution is -0.137. The van der Waals surface area contributed by atoms with E-state index in [1.807, 2.05) is 13.8 Å². The van der Waals surface area contributed by atoms with Gasteiger partial charge in [-0.05, 0) is 44.7 Å². The van der Waals surface area contributed by atoms with Crippen LogP contribution < -0.4 is 10.6 Å². The number of hydrogen-bond acceptors (Lipinski definition) is 3. The first kappa shape index (κ1) is 18.9. The summed E-state index contributed by atoms with van der Waals surface area (Å²) in [5.41, 5.74) is 0.444. The number of anilines is 1. The number of benzene rings is 1. The van der Waals surface area contributed by atoms with Crippen LogP contribution >= 0.6 is 0 Å². The Morgan fingerprint density at radius 1 is 1.00 bits per heavy atom. The van der Waals surface area contributed by atoms with Crippen LogP contribution in [0.4, 0.5) is 5.69 Å². The number of nitrogens with one attached hydrogen (secondary N) is 2. The molecule has 0 fully saturated rings. The molecule has 2 N–H and O–H groups in total. The van der Waals surface area contributed by atoms with Crippen LogP contribution in [0.5, 0.6) is 0 Å². The van der Waals surface area contributed by atoms with Gasteiger partial charge in [-0.25, -0.2) is 0 Å². The molecule has 0 radical (unpaired) electrons. The minimum absolute atomic E-state index is 0.0308. The largest absolute Gasteiger partial charge is 0.343 e. The van der Waals surface area contributed by atoms with Crippen molar-refractivity contribution in [3.8, 4) is 0 Å². The van der Waals surface area contributed by atoms with Crippen LogP contribution in [0.3, 0.4) is 0 Å². The van der Waals surface area contributed by atoms with E-state index >= 15 is 0 Å². The average Bonchev–Trinajstić information content (AvgIpc) is 2.35. The lowest BCUT2D eigenvalue weighted by Gasteiger charge is -2.33. The van der Waals surface area contributed by atoms with E-state index < -0.39 is 17.4 Å². The van der Waals surface area contributed by atoms with E-state index in [0.717, 1.165) is 6.42 Å². The van der Waals surface area contributed by atoms with Gasteiger partial charge in [-0.15, -0.1) is 0 Å². The Morgan fingerprint density at radius 3 is 2.13 bits per heavy atom. The molecule has 126 valence electrons. The van der Waals surface area contributed by atoms with E-state index in [-0.39, 0.29) is 11.2 Å². The summed E-state index contributed by atoms with van der Waals surface area (Å²) in [6.45, 7) is 11.5. The van der Waals surface area contributed by atoms with Gasteiger partial charge in [0.25, 0.3) is 0 Å². The molecule has 1 aromatic carbocycles. The van der Waals surface area contributed by atoms with Crippen molar-refractivity contribution in [3.05, 3.63) is 29.8 Å². The van der Waals surface area contributed by atoms with Crippen LogP contribution in [-0.2, 0) is 9.59 Å². The molecule has 0 atom stereocenters.